The molecule has 1 aromatic heterocycles. The molecule has 4 fully saturated rings. The lowest BCUT2D eigenvalue weighted by atomic mass is 9.92. The molecule has 0 spiro atoms. The predicted octanol–water partition coefficient (Wildman–Crippen LogP) is 7.44. The van der Waals surface area contributed by atoms with Gasteiger partial charge in [0.2, 0.25) is 0 Å². The van der Waals surface area contributed by atoms with E-state index in [1.54, 1.807) is 13.2 Å². The Balaban J connectivity index is 1.20. The van der Waals surface area contributed by atoms with Crippen LogP contribution in [0.1, 0.15) is 65.4 Å². The summed E-state index contributed by atoms with van der Waals surface area (Å²) < 4.78 is 62.6. The van der Waals surface area contributed by atoms with Gasteiger partial charge in [0.25, 0.3) is 0 Å². The van der Waals surface area contributed by atoms with Gasteiger partial charge in [0.1, 0.15) is 47.8 Å². The molecule has 5 aliphatic heterocycles. The summed E-state index contributed by atoms with van der Waals surface area (Å²) in [6.45, 7) is 9.83. The number of ether oxygens (including phenoxy) is 5. The molecule has 0 saturated carbocycles. The van der Waals surface area contributed by atoms with Gasteiger partial charge in [0.15, 0.2) is 12.6 Å². The number of hydrogen-bond acceptors (Lipinski definition) is 10. The quantitative estimate of drug-likeness (QED) is 0.169. The second-order valence-electron chi connectivity index (χ2n) is 16.8. The van der Waals surface area contributed by atoms with E-state index in [9.17, 15) is 9.18 Å². The SMILES string of the molecule is CCc1cccc2cc(OCOC)cc(-c3cc4c5c(nc(OC[C@@]67CCCN6C[C@H](F)C7)nc5c3F)N3C[C@H]5CC[C@@H]([C@H]3CO4)N5C(=O)OC(C)(C)C)c12. The fraction of sp³-hybridized carbons (Fsp3) is 0.548. The first-order valence-corrected chi connectivity index (χ1v) is 19.6. The lowest BCUT2D eigenvalue weighted by Crippen LogP contribution is -2.63. The zero-order valence-corrected chi connectivity index (χ0v) is 32.2. The van der Waals surface area contributed by atoms with Crippen molar-refractivity contribution in [1.82, 2.24) is 19.8 Å². The second-order valence-corrected chi connectivity index (χ2v) is 16.8. The van der Waals surface area contributed by atoms with Crippen LogP contribution in [0.25, 0.3) is 32.8 Å². The molecule has 13 heteroatoms. The molecule has 4 saturated heterocycles. The number of amides is 1. The number of anilines is 1. The number of carbonyl (C=O) groups is 1. The van der Waals surface area contributed by atoms with Crippen LogP contribution >= 0.6 is 0 Å². The number of halogens is 2. The van der Waals surface area contributed by atoms with Gasteiger partial charge < -0.3 is 28.6 Å². The third kappa shape index (κ3) is 6.18. The third-order valence-corrected chi connectivity index (χ3v) is 12.2. The first kappa shape index (κ1) is 36.2. The van der Waals surface area contributed by atoms with E-state index >= 15 is 4.39 Å². The molecule has 0 unspecified atom stereocenters. The molecule has 9 rings (SSSR count). The van der Waals surface area contributed by atoms with E-state index in [0.29, 0.717) is 53.3 Å². The molecule has 5 aliphatic rings. The Kier molecular flexibility index (Phi) is 8.95. The Labute approximate surface area is 319 Å². The number of nitrogens with zero attached hydrogens (tertiary/aromatic N) is 5. The average Bonchev–Trinajstić information content (AvgIpc) is 3.76. The molecule has 0 N–H and O–H groups in total. The van der Waals surface area contributed by atoms with E-state index in [1.807, 2.05) is 49.9 Å². The highest BCUT2D eigenvalue weighted by Gasteiger charge is 2.52. The van der Waals surface area contributed by atoms with Gasteiger partial charge in [-0.3, -0.25) is 9.80 Å². The standard InChI is InChI=1S/C42H49F2N5O6/c1-6-24-9-7-10-25-15-28(54-23-51-5)16-29(34(24)25)30-17-33-35-37(36(30)44)45-39(53-22-42-13-8-14-47(42)19-26(43)18-42)46-38(35)48-20-27-11-12-31(32(48)21-52-33)49(27)40(50)55-41(2,3)4/h7,9-10,15-17,26-27,31-32H,6,8,11-14,18-23H2,1-5H3/t26-,27-,31+,32-,42+/m1/s1. The highest BCUT2D eigenvalue weighted by Crippen LogP contribution is 2.48. The highest BCUT2D eigenvalue weighted by molar-refractivity contribution is 6.05. The van der Waals surface area contributed by atoms with Crippen molar-refractivity contribution in [3.8, 4) is 28.6 Å². The van der Waals surface area contributed by atoms with Gasteiger partial charge in [-0.25, -0.2) is 13.6 Å². The molecule has 0 radical (unpaired) electrons. The van der Waals surface area contributed by atoms with E-state index in [2.05, 4.69) is 22.8 Å². The van der Waals surface area contributed by atoms with Crippen molar-refractivity contribution in [3.05, 3.63) is 47.8 Å². The minimum atomic E-state index is -0.922. The Morgan fingerprint density at radius 1 is 1.05 bits per heavy atom. The number of hydrogen-bond donors (Lipinski definition) is 0. The summed E-state index contributed by atoms with van der Waals surface area (Å²) >= 11 is 0. The zero-order chi connectivity index (χ0) is 38.2. The smallest absolute Gasteiger partial charge is 0.410 e. The van der Waals surface area contributed by atoms with E-state index in [4.69, 9.17) is 33.7 Å². The lowest BCUT2D eigenvalue weighted by molar-refractivity contribution is 0.00544. The number of rotatable bonds is 8. The Bertz CT molecular complexity index is 2160. The first-order valence-electron chi connectivity index (χ1n) is 19.6. The van der Waals surface area contributed by atoms with Crippen LogP contribution in [-0.4, -0.2) is 108 Å². The number of alkyl halides is 1. The molecule has 0 aliphatic carbocycles. The fourth-order valence-corrected chi connectivity index (χ4v) is 9.89. The summed E-state index contributed by atoms with van der Waals surface area (Å²) in [5.41, 5.74) is 0.992. The first-order chi connectivity index (χ1) is 26.5. The van der Waals surface area contributed by atoms with Crippen LogP contribution < -0.4 is 19.1 Å². The van der Waals surface area contributed by atoms with Crippen molar-refractivity contribution in [2.75, 3.05) is 51.7 Å². The normalized spacial score (nSPS) is 25.9. The van der Waals surface area contributed by atoms with Crippen LogP contribution in [-0.2, 0) is 15.9 Å². The largest absolute Gasteiger partial charge is 0.490 e. The van der Waals surface area contributed by atoms with Crippen LogP contribution in [0.15, 0.2) is 36.4 Å². The number of fused-ring (bicyclic) bond motifs is 7. The molecule has 6 heterocycles. The van der Waals surface area contributed by atoms with Crippen LogP contribution in [0, 0.1) is 5.82 Å². The summed E-state index contributed by atoms with van der Waals surface area (Å²) in [7, 11) is 1.56. The minimum absolute atomic E-state index is 0.0338. The van der Waals surface area contributed by atoms with Gasteiger partial charge in [-0.1, -0.05) is 25.1 Å². The van der Waals surface area contributed by atoms with Gasteiger partial charge in [-0.05, 0) is 99.5 Å². The Morgan fingerprint density at radius 3 is 2.71 bits per heavy atom. The predicted molar refractivity (Wildman–Crippen MR) is 204 cm³/mol. The fourth-order valence-electron chi connectivity index (χ4n) is 9.89. The van der Waals surface area contributed by atoms with Gasteiger partial charge in [0, 0.05) is 32.2 Å². The molecule has 5 atom stereocenters. The monoisotopic (exact) mass is 757 g/mol. The van der Waals surface area contributed by atoms with E-state index in [-0.39, 0.29) is 55.8 Å². The number of methoxy groups -OCH3 is 1. The summed E-state index contributed by atoms with van der Waals surface area (Å²) in [6.07, 6.45) is 3.20. The maximum absolute atomic E-state index is 17.6. The molecule has 3 aromatic carbocycles. The number of carbonyl (C=O) groups excluding carboxylic acids is 1. The van der Waals surface area contributed by atoms with Crippen LogP contribution in [0.3, 0.4) is 0 Å². The van der Waals surface area contributed by atoms with Gasteiger partial charge in [-0.15, -0.1) is 0 Å². The van der Waals surface area contributed by atoms with Crippen molar-refractivity contribution in [1.29, 1.82) is 0 Å². The highest BCUT2D eigenvalue weighted by atomic mass is 19.1. The molecule has 2 bridgehead atoms. The second kappa shape index (κ2) is 13.6. The minimum Gasteiger partial charge on any atom is -0.490 e. The maximum atomic E-state index is 17.6. The Hall–Kier alpha value is -4.49. The molecule has 4 aromatic rings. The number of piperazine rings is 1. The van der Waals surface area contributed by atoms with Crippen LogP contribution in [0.5, 0.6) is 17.5 Å². The summed E-state index contributed by atoms with van der Waals surface area (Å²) in [4.78, 5) is 29.7. The van der Waals surface area contributed by atoms with Crippen molar-refractivity contribution < 1.29 is 37.3 Å². The Morgan fingerprint density at radius 2 is 1.91 bits per heavy atom. The van der Waals surface area contributed by atoms with Gasteiger partial charge in [-0.2, -0.15) is 9.97 Å². The number of aromatic nitrogens is 2. The van der Waals surface area contributed by atoms with Crippen molar-refractivity contribution >= 4 is 33.6 Å². The van der Waals surface area contributed by atoms with Gasteiger partial charge in [0.05, 0.1) is 29.1 Å². The summed E-state index contributed by atoms with van der Waals surface area (Å²) in [6, 6.07) is 11.0. The van der Waals surface area contributed by atoms with Crippen LogP contribution in [0.2, 0.25) is 0 Å². The molecular formula is C42H49F2N5O6. The van der Waals surface area contributed by atoms with Crippen molar-refractivity contribution in [3.63, 3.8) is 0 Å². The third-order valence-electron chi connectivity index (χ3n) is 12.2. The van der Waals surface area contributed by atoms with E-state index in [1.165, 1.54) is 0 Å². The van der Waals surface area contributed by atoms with Gasteiger partial charge >= 0.3 is 12.1 Å². The molecular weight excluding hydrogens is 708 g/mol. The summed E-state index contributed by atoms with van der Waals surface area (Å²) in [5.74, 6) is 0.959. The average molecular weight is 758 g/mol. The molecule has 1 amide bonds. The topological polar surface area (TPSA) is 98.7 Å². The van der Waals surface area contributed by atoms with Crippen molar-refractivity contribution in [2.24, 2.45) is 0 Å². The van der Waals surface area contributed by atoms with Crippen molar-refractivity contribution in [2.45, 2.75) is 102 Å². The molecule has 11 nitrogen and oxygen atoms in total. The lowest BCUT2D eigenvalue weighted by Gasteiger charge is -2.46. The molecule has 292 valence electrons. The summed E-state index contributed by atoms with van der Waals surface area (Å²) in [5, 5.41) is 2.27. The van der Waals surface area contributed by atoms with E-state index < -0.39 is 23.1 Å². The number of aryl methyl sites for hydroxylation is 1. The number of benzene rings is 3. The zero-order valence-electron chi connectivity index (χ0n) is 32.2. The molecule has 55 heavy (non-hydrogen) atoms. The maximum Gasteiger partial charge on any atom is 0.410 e. The van der Waals surface area contributed by atoms with E-state index in [0.717, 1.165) is 55.0 Å². The van der Waals surface area contributed by atoms with Crippen LogP contribution in [0.4, 0.5) is 19.4 Å².